The van der Waals surface area contributed by atoms with Gasteiger partial charge in [-0.25, -0.2) is 0 Å². The molecule has 15 heavy (non-hydrogen) atoms. The predicted molar refractivity (Wildman–Crippen MR) is 57.0 cm³/mol. The van der Waals surface area contributed by atoms with Gasteiger partial charge in [-0.2, -0.15) is 4.98 Å². The van der Waals surface area contributed by atoms with Crippen LogP contribution >= 0.6 is 23.2 Å². The van der Waals surface area contributed by atoms with Gasteiger partial charge in [-0.05, 0) is 18.5 Å². The molecule has 1 heterocycles. The second-order valence-electron chi connectivity index (χ2n) is 2.53. The lowest BCUT2D eigenvalue weighted by Crippen LogP contribution is -2.29. The summed E-state index contributed by atoms with van der Waals surface area (Å²) in [4.78, 5) is 14.9. The summed E-state index contributed by atoms with van der Waals surface area (Å²) in [7, 11) is 0. The molecule has 0 saturated carbocycles. The first-order valence-electron chi connectivity index (χ1n) is 4.19. The van der Waals surface area contributed by atoms with Crippen LogP contribution in [-0.4, -0.2) is 34.2 Å². The number of rotatable bonds is 4. The maximum Gasteiger partial charge on any atom is 0.245 e. The molecule has 0 bridgehead atoms. The van der Waals surface area contributed by atoms with Crippen molar-refractivity contribution in [3.63, 3.8) is 0 Å². The highest BCUT2D eigenvalue weighted by atomic mass is 35.5. The number of likely N-dealkylation sites (N-methyl/N-ethyl adjacent to an activating group) is 1. The molecule has 0 aliphatic carbocycles. The highest BCUT2D eigenvalue weighted by molar-refractivity contribution is 6.32. The van der Waals surface area contributed by atoms with E-state index in [4.69, 9.17) is 23.2 Å². The highest BCUT2D eigenvalue weighted by Crippen LogP contribution is 2.15. The molecule has 1 amide bonds. The van der Waals surface area contributed by atoms with Crippen molar-refractivity contribution in [2.45, 2.75) is 6.92 Å². The lowest BCUT2D eigenvalue weighted by molar-refractivity contribution is -0.119. The fraction of sp³-hybridized carbons (Fsp3) is 0.429. The Bertz CT molecular complexity index is 359. The summed E-state index contributed by atoms with van der Waals surface area (Å²) in [6.45, 7) is 2.45. The van der Waals surface area contributed by atoms with Gasteiger partial charge in [-0.1, -0.05) is 11.6 Å². The van der Waals surface area contributed by atoms with Crippen molar-refractivity contribution in [2.24, 2.45) is 0 Å². The van der Waals surface area contributed by atoms with E-state index >= 15 is 0 Å². The lowest BCUT2D eigenvalue weighted by atomic mass is 10.5. The predicted octanol–water partition coefficient (Wildman–Crippen LogP) is 0.726. The number of anilines is 1. The molecule has 6 nitrogen and oxygen atoms in total. The van der Waals surface area contributed by atoms with E-state index in [0.717, 1.165) is 0 Å². The maximum absolute atomic E-state index is 11.1. The molecule has 1 aromatic rings. The van der Waals surface area contributed by atoms with E-state index in [1.165, 1.54) is 0 Å². The van der Waals surface area contributed by atoms with Gasteiger partial charge in [0.15, 0.2) is 11.0 Å². The zero-order valence-electron chi connectivity index (χ0n) is 7.92. The minimum absolute atomic E-state index is 0.0298. The van der Waals surface area contributed by atoms with Gasteiger partial charge in [0.05, 0.1) is 6.54 Å². The minimum Gasteiger partial charge on any atom is -0.358 e. The minimum atomic E-state index is -0.164. The van der Waals surface area contributed by atoms with E-state index in [1.807, 2.05) is 6.92 Å². The summed E-state index contributed by atoms with van der Waals surface area (Å²) in [6, 6.07) is 0. The monoisotopic (exact) mass is 249 g/mol. The fourth-order valence-corrected chi connectivity index (χ4v) is 1.10. The smallest absolute Gasteiger partial charge is 0.245 e. The second-order valence-corrected chi connectivity index (χ2v) is 3.22. The zero-order chi connectivity index (χ0) is 11.3. The molecule has 0 radical (unpaired) electrons. The summed E-state index contributed by atoms with van der Waals surface area (Å²) in [5, 5.41) is 12.3. The third-order valence-corrected chi connectivity index (χ3v) is 1.82. The SMILES string of the molecule is CCNC(=O)CNc1nc(Cl)nnc1Cl. The number of hydrogen-bond donors (Lipinski definition) is 2. The molecule has 0 unspecified atom stereocenters. The van der Waals surface area contributed by atoms with E-state index in [9.17, 15) is 4.79 Å². The number of aromatic nitrogens is 3. The van der Waals surface area contributed by atoms with Crippen molar-refractivity contribution in [1.29, 1.82) is 0 Å². The number of nitrogens with one attached hydrogen (secondary N) is 2. The molecule has 8 heteroatoms. The fourth-order valence-electron chi connectivity index (χ4n) is 0.829. The summed E-state index contributed by atoms with van der Waals surface area (Å²) in [5.41, 5.74) is 0. The number of amides is 1. The van der Waals surface area contributed by atoms with Crippen LogP contribution in [0.15, 0.2) is 0 Å². The molecule has 0 aliphatic heterocycles. The average Bonchev–Trinajstić information content (AvgIpc) is 2.20. The number of carbonyl (C=O) groups excluding carboxylic acids is 1. The Hall–Kier alpha value is -1.14. The number of carbonyl (C=O) groups is 1. The molecule has 0 aromatic carbocycles. The highest BCUT2D eigenvalue weighted by Gasteiger charge is 2.07. The van der Waals surface area contributed by atoms with Crippen LogP contribution in [0, 0.1) is 0 Å². The van der Waals surface area contributed by atoms with Gasteiger partial charge < -0.3 is 10.6 Å². The van der Waals surface area contributed by atoms with Crippen molar-refractivity contribution in [3.05, 3.63) is 10.4 Å². The van der Waals surface area contributed by atoms with E-state index < -0.39 is 0 Å². The van der Waals surface area contributed by atoms with Gasteiger partial charge in [-0.15, -0.1) is 10.2 Å². The van der Waals surface area contributed by atoms with Gasteiger partial charge >= 0.3 is 0 Å². The Morgan fingerprint density at radius 1 is 1.40 bits per heavy atom. The van der Waals surface area contributed by atoms with Gasteiger partial charge in [0.2, 0.25) is 11.2 Å². The van der Waals surface area contributed by atoms with Crippen molar-refractivity contribution in [3.8, 4) is 0 Å². The molecular weight excluding hydrogens is 241 g/mol. The third-order valence-electron chi connectivity index (χ3n) is 1.41. The quantitative estimate of drug-likeness (QED) is 0.823. The second kappa shape index (κ2) is 5.67. The molecular formula is C7H9Cl2N5O. The van der Waals surface area contributed by atoms with E-state index in [0.29, 0.717) is 6.54 Å². The average molecular weight is 250 g/mol. The molecule has 2 N–H and O–H groups in total. The van der Waals surface area contributed by atoms with Crippen LogP contribution in [-0.2, 0) is 4.79 Å². The zero-order valence-corrected chi connectivity index (χ0v) is 9.43. The third kappa shape index (κ3) is 3.85. The summed E-state index contributed by atoms with van der Waals surface area (Å²) >= 11 is 11.2. The first kappa shape index (κ1) is 11.9. The van der Waals surface area contributed by atoms with Gasteiger partial charge in [0, 0.05) is 6.54 Å². The molecule has 0 atom stereocenters. The van der Waals surface area contributed by atoms with Crippen LogP contribution in [0.1, 0.15) is 6.92 Å². The number of hydrogen-bond acceptors (Lipinski definition) is 5. The number of nitrogens with zero attached hydrogens (tertiary/aromatic N) is 3. The van der Waals surface area contributed by atoms with Gasteiger partial charge in [0.25, 0.3) is 0 Å². The van der Waals surface area contributed by atoms with Gasteiger partial charge in [-0.3, -0.25) is 4.79 Å². The topological polar surface area (TPSA) is 79.8 Å². The Morgan fingerprint density at radius 2 is 2.13 bits per heavy atom. The van der Waals surface area contributed by atoms with Crippen LogP contribution in [0.5, 0.6) is 0 Å². The molecule has 0 aliphatic rings. The largest absolute Gasteiger partial charge is 0.358 e. The summed E-state index contributed by atoms with van der Waals surface area (Å²) in [5.74, 6) is 0.0752. The Morgan fingerprint density at radius 3 is 2.80 bits per heavy atom. The molecule has 1 aromatic heterocycles. The van der Waals surface area contributed by atoms with E-state index in [1.54, 1.807) is 0 Å². The van der Waals surface area contributed by atoms with E-state index in [2.05, 4.69) is 25.8 Å². The van der Waals surface area contributed by atoms with Crippen molar-refractivity contribution in [2.75, 3.05) is 18.4 Å². The van der Waals surface area contributed by atoms with Crippen LogP contribution in [0.25, 0.3) is 0 Å². The summed E-state index contributed by atoms with van der Waals surface area (Å²) in [6.07, 6.45) is 0. The molecule has 1 rings (SSSR count). The van der Waals surface area contributed by atoms with Crippen LogP contribution in [0.4, 0.5) is 5.82 Å². The normalized spacial score (nSPS) is 9.80. The lowest BCUT2D eigenvalue weighted by Gasteiger charge is -2.05. The maximum atomic E-state index is 11.1. The Balaban J connectivity index is 2.57. The Kier molecular flexibility index (Phi) is 4.51. The van der Waals surface area contributed by atoms with Crippen LogP contribution in [0.2, 0.25) is 10.4 Å². The van der Waals surface area contributed by atoms with Crippen LogP contribution in [0.3, 0.4) is 0 Å². The van der Waals surface area contributed by atoms with Crippen LogP contribution < -0.4 is 10.6 Å². The Labute approximate surface area is 96.4 Å². The number of halogens is 2. The molecule has 0 fully saturated rings. The standard InChI is InChI=1S/C7H9Cl2N5O/c1-2-10-4(15)3-11-6-5(8)13-14-7(9)12-6/h2-3H2,1H3,(H,10,15)(H,11,12,14). The van der Waals surface area contributed by atoms with Gasteiger partial charge in [0.1, 0.15) is 0 Å². The van der Waals surface area contributed by atoms with Crippen molar-refractivity contribution in [1.82, 2.24) is 20.5 Å². The molecule has 0 saturated heterocycles. The van der Waals surface area contributed by atoms with E-state index in [-0.39, 0.29) is 28.7 Å². The van der Waals surface area contributed by atoms with Crippen molar-refractivity contribution >= 4 is 34.9 Å². The first-order chi connectivity index (χ1) is 7.13. The summed E-state index contributed by atoms with van der Waals surface area (Å²) < 4.78 is 0. The van der Waals surface area contributed by atoms with Crippen molar-refractivity contribution < 1.29 is 4.79 Å². The molecule has 0 spiro atoms. The first-order valence-corrected chi connectivity index (χ1v) is 4.95. The molecule has 82 valence electrons.